The molecule has 2 rings (SSSR count). The van der Waals surface area contributed by atoms with Crippen molar-refractivity contribution in [3.05, 3.63) is 68.4 Å². The van der Waals surface area contributed by atoms with Crippen LogP contribution in [0.3, 0.4) is 0 Å². The third-order valence-electron chi connectivity index (χ3n) is 3.79. The van der Waals surface area contributed by atoms with Gasteiger partial charge in [0, 0.05) is 4.47 Å². The van der Waals surface area contributed by atoms with E-state index in [1.54, 1.807) is 6.07 Å². The molecule has 0 aromatic heterocycles. The Kier molecular flexibility index (Phi) is 5.14. The van der Waals surface area contributed by atoms with E-state index in [4.69, 9.17) is 5.84 Å². The number of nitrogens with two attached hydrogens (primary N) is 1. The summed E-state index contributed by atoms with van der Waals surface area (Å²) in [5, 5.41) is 0. The fourth-order valence-corrected chi connectivity index (χ4v) is 3.41. The van der Waals surface area contributed by atoms with E-state index in [9.17, 15) is 4.39 Å². The highest BCUT2D eigenvalue weighted by Gasteiger charge is 2.16. The zero-order chi connectivity index (χ0) is 15.6. The van der Waals surface area contributed by atoms with E-state index >= 15 is 0 Å². The van der Waals surface area contributed by atoms with Gasteiger partial charge in [0.25, 0.3) is 0 Å². The molecule has 0 aliphatic carbocycles. The average Bonchev–Trinajstić information content (AvgIpc) is 2.39. The highest BCUT2D eigenvalue weighted by Crippen LogP contribution is 2.28. The van der Waals surface area contributed by atoms with Crippen LogP contribution in [0.4, 0.5) is 4.39 Å². The Balaban J connectivity index is 2.36. The van der Waals surface area contributed by atoms with Gasteiger partial charge >= 0.3 is 0 Å². The summed E-state index contributed by atoms with van der Waals surface area (Å²) in [5.74, 6) is 5.46. The summed E-state index contributed by atoms with van der Waals surface area (Å²) in [6.07, 6.45) is 0.763. The third-order valence-corrected chi connectivity index (χ3v) is 4.47. The Morgan fingerprint density at radius 3 is 2.29 bits per heavy atom. The Hall–Kier alpha value is -1.23. The smallest absolute Gasteiger partial charge is 0.124 e. The van der Waals surface area contributed by atoms with Gasteiger partial charge in [-0.1, -0.05) is 39.7 Å². The first-order valence-electron chi connectivity index (χ1n) is 6.90. The fraction of sp³-hybridized carbons (Fsp3) is 0.294. The van der Waals surface area contributed by atoms with Crippen LogP contribution in [-0.2, 0) is 6.42 Å². The van der Waals surface area contributed by atoms with Crippen molar-refractivity contribution in [1.82, 2.24) is 5.43 Å². The minimum absolute atomic E-state index is 0.0694. The first kappa shape index (κ1) is 16.1. The molecular weight excluding hydrogens is 331 g/mol. The van der Waals surface area contributed by atoms with E-state index in [0.717, 1.165) is 16.5 Å². The molecule has 2 aromatic carbocycles. The molecule has 2 nitrogen and oxygen atoms in total. The van der Waals surface area contributed by atoms with Crippen LogP contribution in [0.25, 0.3) is 0 Å². The molecule has 2 aromatic rings. The van der Waals surface area contributed by atoms with Gasteiger partial charge in [0.05, 0.1) is 6.04 Å². The lowest BCUT2D eigenvalue weighted by Crippen LogP contribution is -2.30. The second-order valence-electron chi connectivity index (χ2n) is 5.47. The lowest BCUT2D eigenvalue weighted by atomic mass is 9.92. The summed E-state index contributed by atoms with van der Waals surface area (Å²) in [6.45, 7) is 6.32. The van der Waals surface area contributed by atoms with Crippen molar-refractivity contribution >= 4 is 15.9 Å². The molecule has 0 radical (unpaired) electrons. The van der Waals surface area contributed by atoms with Crippen LogP contribution >= 0.6 is 15.9 Å². The second-order valence-corrected chi connectivity index (χ2v) is 6.32. The van der Waals surface area contributed by atoms with Crippen molar-refractivity contribution in [2.24, 2.45) is 5.84 Å². The van der Waals surface area contributed by atoms with Crippen molar-refractivity contribution in [1.29, 1.82) is 0 Å². The lowest BCUT2D eigenvalue weighted by molar-refractivity contribution is 0.545. The maximum atomic E-state index is 13.2. The zero-order valence-electron chi connectivity index (χ0n) is 12.5. The van der Waals surface area contributed by atoms with Gasteiger partial charge in [0.15, 0.2) is 0 Å². The summed E-state index contributed by atoms with van der Waals surface area (Å²) in [6, 6.07) is 8.97. The summed E-state index contributed by atoms with van der Waals surface area (Å²) < 4.78 is 14.0. The van der Waals surface area contributed by atoms with Crippen molar-refractivity contribution in [2.45, 2.75) is 33.2 Å². The molecular formula is C17H20BrFN2. The SMILES string of the molecule is Cc1cc(C)c(CC(NN)c2ccc(F)cc2Br)c(C)c1. The van der Waals surface area contributed by atoms with Crippen LogP contribution in [0.1, 0.15) is 33.9 Å². The first-order valence-corrected chi connectivity index (χ1v) is 7.69. The predicted octanol–water partition coefficient (Wildman–Crippen LogP) is 4.26. The summed E-state index contributed by atoms with van der Waals surface area (Å²) >= 11 is 3.41. The molecule has 0 amide bonds. The van der Waals surface area contributed by atoms with Crippen LogP contribution in [0.2, 0.25) is 0 Å². The Morgan fingerprint density at radius 1 is 1.14 bits per heavy atom. The Morgan fingerprint density at radius 2 is 1.76 bits per heavy atom. The predicted molar refractivity (Wildman–Crippen MR) is 88.5 cm³/mol. The fourth-order valence-electron chi connectivity index (χ4n) is 2.78. The molecule has 3 N–H and O–H groups in total. The highest BCUT2D eigenvalue weighted by molar-refractivity contribution is 9.10. The number of hydrogen-bond acceptors (Lipinski definition) is 2. The molecule has 1 unspecified atom stereocenters. The van der Waals surface area contributed by atoms with Gasteiger partial charge in [-0.15, -0.1) is 0 Å². The summed E-state index contributed by atoms with van der Waals surface area (Å²) in [5.41, 5.74) is 8.85. The van der Waals surface area contributed by atoms with Crippen molar-refractivity contribution < 1.29 is 4.39 Å². The normalized spacial score (nSPS) is 12.5. The quantitative estimate of drug-likeness (QED) is 0.638. The lowest BCUT2D eigenvalue weighted by Gasteiger charge is -2.21. The van der Waals surface area contributed by atoms with Gasteiger partial charge < -0.3 is 0 Å². The molecule has 0 bridgehead atoms. The summed E-state index contributed by atoms with van der Waals surface area (Å²) in [7, 11) is 0. The van der Waals surface area contributed by atoms with Crippen molar-refractivity contribution in [3.63, 3.8) is 0 Å². The van der Waals surface area contributed by atoms with Crippen LogP contribution in [0.5, 0.6) is 0 Å². The average molecular weight is 351 g/mol. The maximum Gasteiger partial charge on any atom is 0.124 e. The van der Waals surface area contributed by atoms with Crippen LogP contribution < -0.4 is 11.3 Å². The van der Waals surface area contributed by atoms with Crippen molar-refractivity contribution in [2.75, 3.05) is 0 Å². The molecule has 1 atom stereocenters. The van der Waals surface area contributed by atoms with E-state index < -0.39 is 0 Å². The van der Waals surface area contributed by atoms with E-state index in [-0.39, 0.29) is 11.9 Å². The van der Waals surface area contributed by atoms with E-state index in [1.807, 2.05) is 0 Å². The number of benzene rings is 2. The number of halogens is 2. The Bertz CT molecular complexity index is 632. The van der Waals surface area contributed by atoms with Gasteiger partial charge in [-0.05, 0) is 61.6 Å². The van der Waals surface area contributed by atoms with Gasteiger partial charge in [-0.2, -0.15) is 0 Å². The van der Waals surface area contributed by atoms with Gasteiger partial charge in [-0.3, -0.25) is 11.3 Å². The van der Waals surface area contributed by atoms with Gasteiger partial charge in [0.2, 0.25) is 0 Å². The number of nitrogens with one attached hydrogen (secondary N) is 1. The molecule has 0 saturated heterocycles. The van der Waals surface area contributed by atoms with Crippen LogP contribution in [0, 0.1) is 26.6 Å². The van der Waals surface area contributed by atoms with E-state index in [1.165, 1.54) is 34.4 Å². The molecule has 21 heavy (non-hydrogen) atoms. The standard InChI is InChI=1S/C17H20BrFN2/c1-10-6-11(2)15(12(3)7-10)9-17(21-20)14-5-4-13(19)8-16(14)18/h4-8,17,21H,9,20H2,1-3H3. The Labute approximate surface area is 133 Å². The highest BCUT2D eigenvalue weighted by atomic mass is 79.9. The summed E-state index contributed by atoms with van der Waals surface area (Å²) in [4.78, 5) is 0. The number of rotatable bonds is 4. The molecule has 0 saturated carbocycles. The molecule has 4 heteroatoms. The minimum atomic E-state index is -0.260. The van der Waals surface area contributed by atoms with Gasteiger partial charge in [0.1, 0.15) is 5.82 Å². The zero-order valence-corrected chi connectivity index (χ0v) is 14.1. The number of hydrazine groups is 1. The molecule has 0 aliphatic rings. The molecule has 0 fully saturated rings. The van der Waals surface area contributed by atoms with E-state index in [0.29, 0.717) is 0 Å². The second kappa shape index (κ2) is 6.69. The molecule has 0 heterocycles. The molecule has 0 spiro atoms. The minimum Gasteiger partial charge on any atom is -0.271 e. The maximum absolute atomic E-state index is 13.2. The number of aryl methyl sites for hydroxylation is 3. The largest absolute Gasteiger partial charge is 0.271 e. The molecule has 112 valence electrons. The van der Waals surface area contributed by atoms with Crippen molar-refractivity contribution in [3.8, 4) is 0 Å². The number of hydrogen-bond donors (Lipinski definition) is 2. The molecule has 0 aliphatic heterocycles. The van der Waals surface area contributed by atoms with Crippen LogP contribution in [-0.4, -0.2) is 0 Å². The topological polar surface area (TPSA) is 38.0 Å². The van der Waals surface area contributed by atoms with Crippen LogP contribution in [0.15, 0.2) is 34.8 Å². The van der Waals surface area contributed by atoms with Gasteiger partial charge in [-0.25, -0.2) is 4.39 Å². The van der Waals surface area contributed by atoms with E-state index in [2.05, 4.69) is 54.3 Å². The first-order chi connectivity index (χ1) is 9.92. The monoisotopic (exact) mass is 350 g/mol. The third kappa shape index (κ3) is 3.70.